The molecule has 5 nitrogen and oxygen atoms in total. The highest BCUT2D eigenvalue weighted by Gasteiger charge is 2.37. The van der Waals surface area contributed by atoms with Gasteiger partial charge in [-0.3, -0.25) is 4.98 Å². The Labute approximate surface area is 161 Å². The van der Waals surface area contributed by atoms with Crippen LogP contribution in [0.5, 0.6) is 0 Å². The van der Waals surface area contributed by atoms with Crippen molar-refractivity contribution in [1.29, 1.82) is 5.26 Å². The second-order valence-electron chi connectivity index (χ2n) is 5.92. The number of aromatic nitrogens is 1. The quantitative estimate of drug-likeness (QED) is 0.693. The van der Waals surface area contributed by atoms with Gasteiger partial charge in [-0.2, -0.15) is 31.6 Å². The Morgan fingerprint density at radius 1 is 1.10 bits per heavy atom. The minimum atomic E-state index is -5.03. The summed E-state index contributed by atoms with van der Waals surface area (Å²) in [6.07, 6.45) is -7.21. The highest BCUT2D eigenvalue weighted by atomic mass is 19.4. The molecule has 0 bridgehead atoms. The lowest BCUT2D eigenvalue weighted by Crippen LogP contribution is -2.35. The van der Waals surface area contributed by atoms with Crippen LogP contribution in [0.4, 0.5) is 36.8 Å². The third kappa shape index (κ3) is 6.38. The summed E-state index contributed by atoms with van der Waals surface area (Å²) >= 11 is 0. The summed E-state index contributed by atoms with van der Waals surface area (Å²) in [4.78, 5) is 17.4. The number of halogens is 6. The molecule has 2 amide bonds. The first-order valence-electron chi connectivity index (χ1n) is 8.12. The number of carbonyl (C=O) groups is 1. The van der Waals surface area contributed by atoms with E-state index in [0.717, 1.165) is 4.90 Å². The van der Waals surface area contributed by atoms with Gasteiger partial charge >= 0.3 is 18.4 Å². The molecule has 2 rings (SSSR count). The highest BCUT2D eigenvalue weighted by molar-refractivity contribution is 5.89. The van der Waals surface area contributed by atoms with Crippen LogP contribution in [0.15, 0.2) is 42.7 Å². The zero-order chi connectivity index (χ0) is 21.7. The molecule has 11 heteroatoms. The molecule has 1 aromatic heterocycles. The number of urea groups is 1. The van der Waals surface area contributed by atoms with Gasteiger partial charge in [-0.15, -0.1) is 0 Å². The standard InChI is InChI=1S/C18H14F6N4O/c19-17(20,21)13-7-14(18(22,23)24)9-15(8-13)27-16(29)28(6-2-4-25)11-12-3-1-5-26-10-12/h1,3,5,7-10H,2,6,11H2,(H,27,29). The molecule has 0 saturated carbocycles. The van der Waals surface area contributed by atoms with Crippen molar-refractivity contribution in [3.05, 3.63) is 59.4 Å². The van der Waals surface area contributed by atoms with Crippen LogP contribution in [0.3, 0.4) is 0 Å². The summed E-state index contributed by atoms with van der Waals surface area (Å²) in [7, 11) is 0. The Morgan fingerprint density at radius 2 is 1.72 bits per heavy atom. The van der Waals surface area contributed by atoms with Gasteiger partial charge in [-0.1, -0.05) is 6.07 Å². The van der Waals surface area contributed by atoms with E-state index in [4.69, 9.17) is 5.26 Å². The predicted molar refractivity (Wildman–Crippen MR) is 90.3 cm³/mol. The molecule has 0 radical (unpaired) electrons. The Morgan fingerprint density at radius 3 is 2.21 bits per heavy atom. The van der Waals surface area contributed by atoms with E-state index in [1.165, 1.54) is 12.4 Å². The second kappa shape index (κ2) is 8.81. The van der Waals surface area contributed by atoms with Crippen molar-refractivity contribution in [3.8, 4) is 6.07 Å². The number of hydrogen-bond donors (Lipinski definition) is 1. The molecule has 1 aromatic carbocycles. The fraction of sp³-hybridized carbons (Fsp3) is 0.278. The summed E-state index contributed by atoms with van der Waals surface area (Å²) in [5, 5.41) is 10.8. The van der Waals surface area contributed by atoms with Crippen LogP contribution in [0.1, 0.15) is 23.1 Å². The van der Waals surface area contributed by atoms with Crippen LogP contribution in [0.25, 0.3) is 0 Å². The molecule has 0 saturated heterocycles. The zero-order valence-corrected chi connectivity index (χ0v) is 14.7. The van der Waals surface area contributed by atoms with Gasteiger partial charge in [0.2, 0.25) is 0 Å². The molecule has 1 heterocycles. The number of benzene rings is 1. The molecule has 0 aliphatic carbocycles. The largest absolute Gasteiger partial charge is 0.416 e. The minimum absolute atomic E-state index is 0.0290. The van der Waals surface area contributed by atoms with E-state index >= 15 is 0 Å². The number of carbonyl (C=O) groups excluding carboxylic acids is 1. The average molecular weight is 416 g/mol. The van der Waals surface area contributed by atoms with Crippen LogP contribution in [-0.4, -0.2) is 22.5 Å². The maximum absolute atomic E-state index is 13.0. The van der Waals surface area contributed by atoms with E-state index in [0.29, 0.717) is 17.7 Å². The zero-order valence-electron chi connectivity index (χ0n) is 14.7. The van der Waals surface area contributed by atoms with Gasteiger partial charge in [0, 0.05) is 31.2 Å². The van der Waals surface area contributed by atoms with E-state index in [1.807, 2.05) is 6.07 Å². The molecule has 0 aliphatic heterocycles. The van der Waals surface area contributed by atoms with Crippen LogP contribution in [-0.2, 0) is 18.9 Å². The SMILES string of the molecule is N#CCCN(Cc1cccnc1)C(=O)Nc1cc(C(F)(F)F)cc(C(F)(F)F)c1. The topological polar surface area (TPSA) is 69.0 Å². The monoisotopic (exact) mass is 416 g/mol. The predicted octanol–water partition coefficient (Wildman–Crippen LogP) is 5.07. The van der Waals surface area contributed by atoms with Gasteiger partial charge in [0.25, 0.3) is 0 Å². The molecule has 0 unspecified atom stereocenters. The van der Waals surface area contributed by atoms with Crippen LogP contribution in [0.2, 0.25) is 0 Å². The maximum Gasteiger partial charge on any atom is 0.416 e. The Kier molecular flexibility index (Phi) is 6.68. The van der Waals surface area contributed by atoms with E-state index in [2.05, 4.69) is 10.3 Å². The first kappa shape index (κ1) is 22.0. The lowest BCUT2D eigenvalue weighted by molar-refractivity contribution is -0.143. The Bertz CT molecular complexity index is 858. The molecule has 0 atom stereocenters. The number of nitrogens with one attached hydrogen (secondary N) is 1. The van der Waals surface area contributed by atoms with Crippen molar-refractivity contribution in [1.82, 2.24) is 9.88 Å². The van der Waals surface area contributed by atoms with Crippen molar-refractivity contribution in [3.63, 3.8) is 0 Å². The summed E-state index contributed by atoms with van der Waals surface area (Å²) in [6.45, 7) is -0.116. The molecule has 0 aliphatic rings. The molecule has 1 N–H and O–H groups in total. The lowest BCUT2D eigenvalue weighted by Gasteiger charge is -2.23. The Balaban J connectivity index is 2.31. The fourth-order valence-corrected chi connectivity index (χ4v) is 2.38. The second-order valence-corrected chi connectivity index (χ2v) is 5.92. The minimum Gasteiger partial charge on any atom is -0.319 e. The van der Waals surface area contributed by atoms with E-state index in [-0.39, 0.29) is 25.6 Å². The van der Waals surface area contributed by atoms with Crippen molar-refractivity contribution in [2.45, 2.75) is 25.3 Å². The smallest absolute Gasteiger partial charge is 0.319 e. The summed E-state index contributed by atoms with van der Waals surface area (Å²) in [5.41, 5.74) is -3.18. The molecular formula is C18H14F6N4O. The maximum atomic E-state index is 13.0. The third-order valence-corrected chi connectivity index (χ3v) is 3.72. The molecular weight excluding hydrogens is 402 g/mol. The van der Waals surface area contributed by atoms with Gasteiger partial charge < -0.3 is 10.2 Å². The number of alkyl halides is 6. The number of nitrogens with zero attached hydrogens (tertiary/aromatic N) is 3. The number of anilines is 1. The van der Waals surface area contributed by atoms with Crippen molar-refractivity contribution in [2.24, 2.45) is 0 Å². The first-order valence-corrected chi connectivity index (χ1v) is 8.12. The van der Waals surface area contributed by atoms with E-state index < -0.39 is 35.2 Å². The number of rotatable bonds is 5. The number of hydrogen-bond acceptors (Lipinski definition) is 3. The number of nitriles is 1. The van der Waals surface area contributed by atoms with Gasteiger partial charge in [0.1, 0.15) is 0 Å². The normalized spacial score (nSPS) is 11.6. The van der Waals surface area contributed by atoms with Gasteiger partial charge in [0.15, 0.2) is 0 Å². The highest BCUT2D eigenvalue weighted by Crippen LogP contribution is 2.37. The molecule has 0 fully saturated rings. The fourth-order valence-electron chi connectivity index (χ4n) is 2.38. The van der Waals surface area contributed by atoms with Crippen LogP contribution >= 0.6 is 0 Å². The molecule has 2 aromatic rings. The van der Waals surface area contributed by atoms with Crippen molar-refractivity contribution in [2.75, 3.05) is 11.9 Å². The van der Waals surface area contributed by atoms with Crippen molar-refractivity contribution >= 4 is 11.7 Å². The summed E-state index contributed by atoms with van der Waals surface area (Å²) in [6, 6.07) is 4.91. The van der Waals surface area contributed by atoms with E-state index in [9.17, 15) is 31.1 Å². The molecule has 154 valence electrons. The van der Waals surface area contributed by atoms with Crippen molar-refractivity contribution < 1.29 is 31.1 Å². The first-order chi connectivity index (χ1) is 13.5. The number of amides is 2. The summed E-state index contributed by atoms with van der Waals surface area (Å²) in [5.74, 6) is 0. The van der Waals surface area contributed by atoms with Crippen LogP contribution < -0.4 is 5.32 Å². The number of pyridine rings is 1. The third-order valence-electron chi connectivity index (χ3n) is 3.72. The van der Waals surface area contributed by atoms with Crippen LogP contribution in [0, 0.1) is 11.3 Å². The summed E-state index contributed by atoms with van der Waals surface area (Å²) < 4.78 is 77.7. The van der Waals surface area contributed by atoms with Gasteiger partial charge in [-0.25, -0.2) is 4.79 Å². The van der Waals surface area contributed by atoms with Gasteiger partial charge in [-0.05, 0) is 29.8 Å². The van der Waals surface area contributed by atoms with E-state index in [1.54, 1.807) is 12.1 Å². The molecule has 0 spiro atoms. The molecule has 29 heavy (non-hydrogen) atoms. The van der Waals surface area contributed by atoms with Gasteiger partial charge in [0.05, 0.1) is 23.6 Å². The lowest BCUT2D eigenvalue weighted by atomic mass is 10.1. The Hall–Kier alpha value is -3.29. The average Bonchev–Trinajstić information content (AvgIpc) is 2.64.